The Bertz CT molecular complexity index is 593. The van der Waals surface area contributed by atoms with Crippen LogP contribution in [0.1, 0.15) is 5.56 Å². The van der Waals surface area contributed by atoms with Gasteiger partial charge in [-0.25, -0.2) is 9.67 Å². The van der Waals surface area contributed by atoms with Crippen LogP contribution in [0.3, 0.4) is 0 Å². The Labute approximate surface area is 122 Å². The molecule has 0 spiro atoms. The molecule has 0 aliphatic carbocycles. The molecule has 0 bridgehead atoms. The van der Waals surface area contributed by atoms with E-state index in [4.69, 9.17) is 4.74 Å². The van der Waals surface area contributed by atoms with E-state index in [0.29, 0.717) is 19.7 Å². The fourth-order valence-corrected chi connectivity index (χ4v) is 2.14. The lowest BCUT2D eigenvalue weighted by Gasteiger charge is -2.22. The maximum Gasteiger partial charge on any atom is 0.250 e. The first-order valence-electron chi connectivity index (χ1n) is 6.88. The minimum atomic E-state index is -0.411. The van der Waals surface area contributed by atoms with Crippen molar-refractivity contribution in [2.45, 2.75) is 12.6 Å². The minimum Gasteiger partial charge on any atom is -0.366 e. The summed E-state index contributed by atoms with van der Waals surface area (Å²) in [4.78, 5) is 16.2. The van der Waals surface area contributed by atoms with Crippen LogP contribution in [0.2, 0.25) is 0 Å². The Kier molecular flexibility index (Phi) is 4.23. The molecule has 2 aromatic heterocycles. The Balaban J connectivity index is 1.60. The lowest BCUT2D eigenvalue weighted by Crippen LogP contribution is -2.47. The van der Waals surface area contributed by atoms with Crippen molar-refractivity contribution in [1.29, 1.82) is 0 Å². The lowest BCUT2D eigenvalue weighted by molar-refractivity contribution is -0.134. The third kappa shape index (κ3) is 3.45. The molecule has 1 aliphatic rings. The van der Waals surface area contributed by atoms with Crippen molar-refractivity contribution in [1.82, 2.24) is 25.4 Å². The van der Waals surface area contributed by atoms with Gasteiger partial charge >= 0.3 is 0 Å². The number of carbonyl (C=O) groups is 1. The summed E-state index contributed by atoms with van der Waals surface area (Å²) in [6, 6.07) is 5.60. The van der Waals surface area contributed by atoms with Crippen molar-refractivity contribution < 1.29 is 9.53 Å². The van der Waals surface area contributed by atoms with Crippen LogP contribution in [-0.4, -0.2) is 46.5 Å². The van der Waals surface area contributed by atoms with Gasteiger partial charge in [-0.1, -0.05) is 0 Å². The molecule has 7 nitrogen and oxygen atoms in total. The lowest BCUT2D eigenvalue weighted by atomic mass is 10.2. The van der Waals surface area contributed by atoms with Gasteiger partial charge in [-0.2, -0.15) is 5.10 Å². The largest absolute Gasteiger partial charge is 0.366 e. The average molecular weight is 287 g/mol. The van der Waals surface area contributed by atoms with Crippen molar-refractivity contribution in [3.8, 4) is 5.82 Å². The summed E-state index contributed by atoms with van der Waals surface area (Å²) in [6.07, 6.45) is 4.82. The monoisotopic (exact) mass is 287 g/mol. The highest BCUT2D eigenvalue weighted by atomic mass is 16.5. The third-order valence-electron chi connectivity index (χ3n) is 3.24. The van der Waals surface area contributed by atoms with Gasteiger partial charge < -0.3 is 15.4 Å². The van der Waals surface area contributed by atoms with Gasteiger partial charge in [-0.3, -0.25) is 4.79 Å². The van der Waals surface area contributed by atoms with E-state index in [9.17, 15) is 4.79 Å². The molecule has 1 atom stereocenters. The van der Waals surface area contributed by atoms with Crippen molar-refractivity contribution in [3.63, 3.8) is 0 Å². The van der Waals surface area contributed by atoms with Crippen LogP contribution >= 0.6 is 0 Å². The zero-order valence-electron chi connectivity index (χ0n) is 11.5. The second-order valence-corrected chi connectivity index (χ2v) is 4.75. The van der Waals surface area contributed by atoms with Crippen LogP contribution in [-0.2, 0) is 16.1 Å². The zero-order chi connectivity index (χ0) is 14.5. The predicted octanol–water partition coefficient (Wildman–Crippen LogP) is -0.128. The number of nitrogens with zero attached hydrogens (tertiary/aromatic N) is 3. The molecule has 1 aliphatic heterocycles. The number of pyridine rings is 1. The first-order valence-corrected chi connectivity index (χ1v) is 6.88. The van der Waals surface area contributed by atoms with Gasteiger partial charge in [0.1, 0.15) is 6.10 Å². The van der Waals surface area contributed by atoms with Crippen molar-refractivity contribution >= 4 is 5.91 Å². The van der Waals surface area contributed by atoms with E-state index >= 15 is 0 Å². The molecule has 1 fully saturated rings. The number of hydrogen-bond donors (Lipinski definition) is 2. The fraction of sp³-hybridized carbons (Fsp3) is 0.357. The first kappa shape index (κ1) is 13.7. The molecule has 1 saturated heterocycles. The highest BCUT2D eigenvalue weighted by molar-refractivity contribution is 5.81. The number of aromatic nitrogens is 3. The molecule has 2 N–H and O–H groups in total. The smallest absolute Gasteiger partial charge is 0.250 e. The van der Waals surface area contributed by atoms with Crippen molar-refractivity contribution in [2.75, 3.05) is 19.7 Å². The van der Waals surface area contributed by atoms with Gasteiger partial charge in [0.2, 0.25) is 0 Å². The van der Waals surface area contributed by atoms with Crippen LogP contribution in [0.25, 0.3) is 5.82 Å². The van der Waals surface area contributed by atoms with Crippen LogP contribution in [0, 0.1) is 0 Å². The maximum atomic E-state index is 12.0. The Morgan fingerprint density at radius 3 is 3.24 bits per heavy atom. The molecule has 110 valence electrons. The van der Waals surface area contributed by atoms with E-state index in [2.05, 4.69) is 20.7 Å². The Morgan fingerprint density at radius 2 is 2.48 bits per heavy atom. The molecule has 0 aromatic carbocycles. The highest BCUT2D eigenvalue weighted by Crippen LogP contribution is 2.06. The number of hydrogen-bond acceptors (Lipinski definition) is 5. The normalized spacial score (nSPS) is 18.4. The average Bonchev–Trinajstić information content (AvgIpc) is 3.08. The maximum absolute atomic E-state index is 12.0. The Hall–Kier alpha value is -2.25. The number of nitrogens with one attached hydrogen (secondary N) is 2. The first-order chi connectivity index (χ1) is 10.3. The molecule has 3 rings (SSSR count). The summed E-state index contributed by atoms with van der Waals surface area (Å²) in [5.41, 5.74) is 0.965. The van der Waals surface area contributed by atoms with Crippen molar-refractivity contribution in [3.05, 3.63) is 42.4 Å². The molecule has 0 saturated carbocycles. The van der Waals surface area contributed by atoms with Crippen LogP contribution in [0.4, 0.5) is 0 Å². The molecule has 0 radical (unpaired) electrons. The quantitative estimate of drug-likeness (QED) is 0.819. The van der Waals surface area contributed by atoms with Gasteiger partial charge in [-0.15, -0.1) is 0 Å². The number of amides is 1. The summed E-state index contributed by atoms with van der Waals surface area (Å²) in [5, 5.41) is 10.1. The van der Waals surface area contributed by atoms with Crippen LogP contribution < -0.4 is 10.6 Å². The third-order valence-corrected chi connectivity index (χ3v) is 3.24. The summed E-state index contributed by atoms with van der Waals surface area (Å²) in [5.74, 6) is 0.627. The van der Waals surface area contributed by atoms with Gasteiger partial charge in [-0.05, 0) is 23.8 Å². The number of carbonyl (C=O) groups excluding carboxylic acids is 1. The van der Waals surface area contributed by atoms with E-state index in [1.54, 1.807) is 17.1 Å². The minimum absolute atomic E-state index is 0.0975. The van der Waals surface area contributed by atoms with E-state index in [1.807, 2.05) is 24.4 Å². The van der Waals surface area contributed by atoms with Gasteiger partial charge in [0.05, 0.1) is 6.61 Å². The highest BCUT2D eigenvalue weighted by Gasteiger charge is 2.21. The molecule has 7 heteroatoms. The second kappa shape index (κ2) is 6.47. The van der Waals surface area contributed by atoms with E-state index in [-0.39, 0.29) is 5.91 Å². The number of ether oxygens (including phenoxy) is 1. The molecular formula is C14H17N5O2. The van der Waals surface area contributed by atoms with Gasteiger partial charge in [0, 0.05) is 38.2 Å². The topological polar surface area (TPSA) is 81.1 Å². The van der Waals surface area contributed by atoms with E-state index < -0.39 is 6.10 Å². The van der Waals surface area contributed by atoms with E-state index in [0.717, 1.165) is 17.9 Å². The molecule has 2 aromatic rings. The van der Waals surface area contributed by atoms with Gasteiger partial charge in [0.15, 0.2) is 5.82 Å². The number of rotatable bonds is 4. The van der Waals surface area contributed by atoms with Gasteiger partial charge in [0.25, 0.3) is 5.91 Å². The van der Waals surface area contributed by atoms with Crippen molar-refractivity contribution in [2.24, 2.45) is 0 Å². The summed E-state index contributed by atoms with van der Waals surface area (Å²) < 4.78 is 7.09. The van der Waals surface area contributed by atoms with Crippen LogP contribution in [0.5, 0.6) is 0 Å². The fourth-order valence-electron chi connectivity index (χ4n) is 2.14. The van der Waals surface area contributed by atoms with Crippen LogP contribution in [0.15, 0.2) is 36.8 Å². The molecular weight excluding hydrogens is 270 g/mol. The molecule has 1 amide bonds. The summed E-state index contributed by atoms with van der Waals surface area (Å²) in [6.45, 7) is 2.36. The molecule has 21 heavy (non-hydrogen) atoms. The standard InChI is InChI=1S/C14H17N5O2/c20-14(12-10-15-5-7-21-12)17-9-11-2-4-16-13(8-11)19-6-1-3-18-19/h1-4,6,8,12,15H,5,7,9-10H2,(H,17,20). The number of morpholine rings is 1. The molecule has 3 heterocycles. The predicted molar refractivity (Wildman–Crippen MR) is 75.8 cm³/mol. The summed E-state index contributed by atoms with van der Waals surface area (Å²) in [7, 11) is 0. The van der Waals surface area contributed by atoms with E-state index in [1.165, 1.54) is 0 Å². The zero-order valence-corrected chi connectivity index (χ0v) is 11.5. The second-order valence-electron chi connectivity index (χ2n) is 4.75. The summed E-state index contributed by atoms with van der Waals surface area (Å²) >= 11 is 0. The SMILES string of the molecule is O=C(NCc1ccnc(-n2cccn2)c1)C1CNCCO1. The molecule has 1 unspecified atom stereocenters. The Morgan fingerprint density at radius 1 is 1.52 bits per heavy atom.